The second-order valence-corrected chi connectivity index (χ2v) is 3.32. The molecule has 1 aromatic rings. The average molecular weight is 234 g/mol. The molecule has 5 heteroatoms. The Kier molecular flexibility index (Phi) is 1.94. The molecule has 1 aliphatic heterocycles. The van der Waals surface area contributed by atoms with Crippen LogP contribution in [0.1, 0.15) is 11.0 Å². The lowest BCUT2D eigenvalue weighted by Gasteiger charge is -2.29. The van der Waals surface area contributed by atoms with Crippen LogP contribution in [-0.2, 0) is 6.18 Å². The van der Waals surface area contributed by atoms with Gasteiger partial charge >= 0.3 is 6.18 Å². The maximum atomic E-state index is 12.7. The molecule has 1 saturated heterocycles. The Balaban J connectivity index is 2.38. The third kappa shape index (κ3) is 2.47. The summed E-state index contributed by atoms with van der Waals surface area (Å²) in [7, 11) is 0. The zero-order valence-corrected chi connectivity index (χ0v) is 8.30. The highest BCUT2D eigenvalue weighted by Crippen LogP contribution is 2.31. The van der Waals surface area contributed by atoms with Gasteiger partial charge in [0, 0.05) is 34.5 Å². The largest absolute Gasteiger partial charge is 0.416 e. The van der Waals surface area contributed by atoms with Crippen LogP contribution in [-0.4, -0.2) is 26.1 Å². The Morgan fingerprint density at radius 2 is 2.19 bits per heavy atom. The molecule has 2 nitrogen and oxygen atoms in total. The van der Waals surface area contributed by atoms with Gasteiger partial charge in [-0.3, -0.25) is 0 Å². The summed E-state index contributed by atoms with van der Waals surface area (Å²) in [4.78, 5) is 1.01. The maximum absolute atomic E-state index is 12.7. The molecule has 1 N–H and O–H groups in total. The SMILES string of the molecule is [2H]C1([2H])CN(c2cccc(C(F)(F)F)c2)C([2H])([2H])CN1. The first-order chi connectivity index (χ1) is 9.01. The Morgan fingerprint density at radius 1 is 1.38 bits per heavy atom. The van der Waals surface area contributed by atoms with Gasteiger partial charge in [0.15, 0.2) is 0 Å². The Hall–Kier alpha value is -1.23. The number of halogens is 3. The van der Waals surface area contributed by atoms with Crippen molar-refractivity contribution >= 4 is 5.69 Å². The number of hydrogen-bond acceptors (Lipinski definition) is 2. The van der Waals surface area contributed by atoms with E-state index in [9.17, 15) is 13.2 Å². The highest BCUT2D eigenvalue weighted by Gasteiger charge is 2.30. The van der Waals surface area contributed by atoms with Gasteiger partial charge < -0.3 is 10.2 Å². The monoisotopic (exact) mass is 234 g/mol. The van der Waals surface area contributed by atoms with Crippen LogP contribution >= 0.6 is 0 Å². The quantitative estimate of drug-likeness (QED) is 0.800. The highest BCUT2D eigenvalue weighted by atomic mass is 19.4. The predicted molar refractivity (Wildman–Crippen MR) is 56.5 cm³/mol. The average Bonchev–Trinajstić information content (AvgIpc) is 2.32. The number of alkyl halides is 3. The number of rotatable bonds is 1. The number of nitrogens with one attached hydrogen (secondary N) is 1. The van der Waals surface area contributed by atoms with Crippen molar-refractivity contribution < 1.29 is 18.7 Å². The highest BCUT2D eigenvalue weighted by molar-refractivity contribution is 5.49. The predicted octanol–water partition coefficient (Wildman–Crippen LogP) is 2.11. The number of anilines is 1. The minimum atomic E-state index is -4.52. The molecule has 1 aliphatic rings. The van der Waals surface area contributed by atoms with E-state index in [0.29, 0.717) is 0 Å². The first-order valence-electron chi connectivity index (χ1n) is 6.71. The lowest BCUT2D eigenvalue weighted by atomic mass is 10.1. The molecule has 0 aromatic heterocycles. The van der Waals surface area contributed by atoms with Gasteiger partial charge in [-0.25, -0.2) is 0 Å². The van der Waals surface area contributed by atoms with Crippen LogP contribution in [0.4, 0.5) is 18.9 Å². The van der Waals surface area contributed by atoms with Gasteiger partial charge in [0.05, 0.1) is 8.30 Å². The van der Waals surface area contributed by atoms with Crippen molar-refractivity contribution in [3.63, 3.8) is 0 Å². The number of nitrogens with zero attached hydrogens (tertiary/aromatic N) is 1. The molecule has 2 rings (SSSR count). The van der Waals surface area contributed by atoms with E-state index in [2.05, 4.69) is 5.32 Å². The van der Waals surface area contributed by atoms with Crippen molar-refractivity contribution in [3.8, 4) is 0 Å². The molecule has 1 aromatic carbocycles. The Labute approximate surface area is 97.7 Å². The molecule has 0 atom stereocenters. The van der Waals surface area contributed by atoms with Gasteiger partial charge in [-0.15, -0.1) is 0 Å². The van der Waals surface area contributed by atoms with E-state index in [1.54, 1.807) is 0 Å². The third-order valence-corrected chi connectivity index (χ3v) is 2.21. The normalized spacial score (nSPS) is 27.6. The maximum Gasteiger partial charge on any atom is 0.416 e. The van der Waals surface area contributed by atoms with Gasteiger partial charge in [0.2, 0.25) is 0 Å². The minimum absolute atomic E-state index is 0.00944. The van der Waals surface area contributed by atoms with Crippen LogP contribution in [0.2, 0.25) is 0 Å². The molecule has 0 bridgehead atoms. The second kappa shape index (κ2) is 4.33. The van der Waals surface area contributed by atoms with Gasteiger partial charge in [0.25, 0.3) is 0 Å². The van der Waals surface area contributed by atoms with Crippen molar-refractivity contribution in [2.75, 3.05) is 31.0 Å². The fourth-order valence-electron chi connectivity index (χ4n) is 1.42. The van der Waals surface area contributed by atoms with E-state index < -0.39 is 24.7 Å². The second-order valence-electron chi connectivity index (χ2n) is 3.32. The van der Waals surface area contributed by atoms with Crippen molar-refractivity contribution in [3.05, 3.63) is 29.8 Å². The van der Waals surface area contributed by atoms with E-state index in [1.165, 1.54) is 12.1 Å². The summed E-state index contributed by atoms with van der Waals surface area (Å²) >= 11 is 0. The van der Waals surface area contributed by atoms with Crippen molar-refractivity contribution in [2.45, 2.75) is 6.18 Å². The van der Waals surface area contributed by atoms with Gasteiger partial charge in [-0.05, 0) is 18.2 Å². The van der Waals surface area contributed by atoms with Gasteiger partial charge in [-0.1, -0.05) is 6.07 Å². The molecule has 0 saturated carbocycles. The molecule has 1 fully saturated rings. The fraction of sp³-hybridized carbons (Fsp3) is 0.455. The molecule has 0 radical (unpaired) electrons. The first-order valence-corrected chi connectivity index (χ1v) is 4.71. The molecule has 0 spiro atoms. The van der Waals surface area contributed by atoms with E-state index in [1.807, 2.05) is 0 Å². The van der Waals surface area contributed by atoms with Crippen LogP contribution in [0.25, 0.3) is 0 Å². The molecule has 0 amide bonds. The molecule has 16 heavy (non-hydrogen) atoms. The molecule has 0 unspecified atom stereocenters. The van der Waals surface area contributed by atoms with Crippen LogP contribution in [0, 0.1) is 0 Å². The summed E-state index contributed by atoms with van der Waals surface area (Å²) in [5, 5.41) is 2.39. The molecule has 1 heterocycles. The van der Waals surface area contributed by atoms with Crippen LogP contribution in [0.15, 0.2) is 24.3 Å². The van der Waals surface area contributed by atoms with E-state index in [-0.39, 0.29) is 18.8 Å². The first kappa shape index (κ1) is 7.17. The number of hydrogen-bond donors (Lipinski definition) is 1. The molecule has 0 aliphatic carbocycles. The Bertz CT molecular complexity index is 505. The lowest BCUT2D eigenvalue weighted by molar-refractivity contribution is -0.137. The zero-order valence-electron chi connectivity index (χ0n) is 12.3. The summed E-state index contributed by atoms with van der Waals surface area (Å²) in [6.07, 6.45) is -4.52. The third-order valence-electron chi connectivity index (χ3n) is 2.21. The van der Waals surface area contributed by atoms with Gasteiger partial charge in [0.1, 0.15) is 0 Å². The van der Waals surface area contributed by atoms with E-state index in [4.69, 9.17) is 5.48 Å². The number of piperazine rings is 1. The lowest BCUT2D eigenvalue weighted by Crippen LogP contribution is -2.43. The Morgan fingerprint density at radius 3 is 2.94 bits per heavy atom. The topological polar surface area (TPSA) is 15.3 Å². The van der Waals surface area contributed by atoms with Crippen LogP contribution in [0.3, 0.4) is 0 Å². The molecular formula is C11H13F3N2. The summed E-state index contributed by atoms with van der Waals surface area (Å²) in [5.74, 6) is 0. The minimum Gasteiger partial charge on any atom is -0.369 e. The van der Waals surface area contributed by atoms with Crippen molar-refractivity contribution in [2.24, 2.45) is 0 Å². The fourth-order valence-corrected chi connectivity index (χ4v) is 1.42. The smallest absolute Gasteiger partial charge is 0.369 e. The van der Waals surface area contributed by atoms with Gasteiger partial charge in [-0.2, -0.15) is 13.2 Å². The summed E-state index contributed by atoms with van der Waals surface area (Å²) in [6.45, 7) is -4.51. The summed E-state index contributed by atoms with van der Waals surface area (Å²) in [6, 6.07) is 4.26. The standard InChI is InChI=1S/C11H13F3N2/c12-11(13,14)9-2-1-3-10(8-9)16-6-4-15-5-7-16/h1-3,8,15H,4-7H2/i4D2,7D2. The van der Waals surface area contributed by atoms with E-state index >= 15 is 0 Å². The van der Waals surface area contributed by atoms with Crippen molar-refractivity contribution in [1.82, 2.24) is 5.32 Å². The summed E-state index contributed by atoms with van der Waals surface area (Å²) < 4.78 is 68.8. The molecular weight excluding hydrogens is 217 g/mol. The van der Waals surface area contributed by atoms with E-state index in [0.717, 1.165) is 17.0 Å². The molecule has 88 valence electrons. The summed E-state index contributed by atoms with van der Waals surface area (Å²) in [5.41, 5.74) is -0.875. The van der Waals surface area contributed by atoms with Crippen LogP contribution in [0.5, 0.6) is 0 Å². The number of benzene rings is 1. The van der Waals surface area contributed by atoms with Crippen LogP contribution < -0.4 is 10.2 Å². The van der Waals surface area contributed by atoms with Crippen molar-refractivity contribution in [1.29, 1.82) is 0 Å². The zero-order chi connectivity index (χ0) is 15.2.